The monoisotopic (exact) mass is 299 g/mol. The molecule has 0 N–H and O–H groups in total. The minimum atomic E-state index is 0.106. The fraction of sp³-hybridized carbons (Fsp3) is 0.500. The molecule has 0 unspecified atom stereocenters. The molecule has 0 radical (unpaired) electrons. The third-order valence-electron chi connectivity index (χ3n) is 3.97. The number of hydrogen-bond acceptors (Lipinski definition) is 4. The third-order valence-corrected chi connectivity index (χ3v) is 3.97. The van der Waals surface area contributed by atoms with Crippen molar-refractivity contribution < 1.29 is 4.79 Å². The second-order valence-electron chi connectivity index (χ2n) is 6.05. The van der Waals surface area contributed by atoms with Crippen LogP contribution >= 0.6 is 0 Å². The number of aryl methyl sites for hydroxylation is 3. The highest BCUT2D eigenvalue weighted by atomic mass is 16.2. The van der Waals surface area contributed by atoms with E-state index < -0.39 is 0 Å². The first kappa shape index (κ1) is 14.7. The van der Waals surface area contributed by atoms with Crippen LogP contribution in [0, 0.1) is 20.8 Å². The van der Waals surface area contributed by atoms with Gasteiger partial charge in [-0.25, -0.2) is 9.97 Å². The van der Waals surface area contributed by atoms with Crippen LogP contribution in [0.1, 0.15) is 35.1 Å². The van der Waals surface area contributed by atoms with Crippen LogP contribution in [-0.4, -0.2) is 43.6 Å². The fourth-order valence-electron chi connectivity index (χ4n) is 2.93. The van der Waals surface area contributed by atoms with E-state index in [0.717, 1.165) is 35.7 Å². The van der Waals surface area contributed by atoms with Crippen molar-refractivity contribution in [1.82, 2.24) is 24.6 Å². The second kappa shape index (κ2) is 5.87. The Morgan fingerprint density at radius 3 is 2.64 bits per heavy atom. The number of rotatable bonds is 3. The van der Waals surface area contributed by atoms with Gasteiger partial charge in [-0.3, -0.25) is 9.48 Å². The van der Waals surface area contributed by atoms with Gasteiger partial charge in [-0.1, -0.05) is 0 Å². The highest BCUT2D eigenvalue weighted by Gasteiger charge is 2.29. The highest BCUT2D eigenvalue weighted by molar-refractivity contribution is 5.76. The Morgan fingerprint density at radius 2 is 2.00 bits per heavy atom. The van der Waals surface area contributed by atoms with Crippen molar-refractivity contribution in [2.45, 2.75) is 39.7 Å². The van der Waals surface area contributed by atoms with E-state index in [1.54, 1.807) is 10.9 Å². The summed E-state index contributed by atoms with van der Waals surface area (Å²) in [4.78, 5) is 23.3. The van der Waals surface area contributed by atoms with Crippen molar-refractivity contribution in [3.63, 3.8) is 0 Å². The zero-order chi connectivity index (χ0) is 15.7. The molecule has 1 fully saturated rings. The van der Waals surface area contributed by atoms with Gasteiger partial charge in [0.2, 0.25) is 5.91 Å². The predicted octanol–water partition coefficient (Wildman–Crippen LogP) is 1.61. The molecule has 1 saturated heterocycles. The lowest BCUT2D eigenvalue weighted by Crippen LogP contribution is -2.32. The molecule has 0 bridgehead atoms. The molecule has 1 amide bonds. The topological polar surface area (TPSA) is 63.9 Å². The van der Waals surface area contributed by atoms with E-state index in [0.29, 0.717) is 13.1 Å². The number of carbonyl (C=O) groups is 1. The Labute approximate surface area is 130 Å². The first-order valence-electron chi connectivity index (χ1n) is 7.60. The first-order chi connectivity index (χ1) is 10.5. The van der Waals surface area contributed by atoms with Crippen LogP contribution in [0.2, 0.25) is 0 Å². The molecule has 22 heavy (non-hydrogen) atoms. The molecule has 6 nitrogen and oxygen atoms in total. The van der Waals surface area contributed by atoms with Crippen molar-refractivity contribution >= 4 is 5.91 Å². The smallest absolute Gasteiger partial charge is 0.244 e. The molecule has 1 aliphatic rings. The highest BCUT2D eigenvalue weighted by Crippen LogP contribution is 2.25. The van der Waals surface area contributed by atoms with E-state index in [2.05, 4.69) is 15.1 Å². The molecule has 116 valence electrons. The predicted molar refractivity (Wildman–Crippen MR) is 82.4 cm³/mol. The van der Waals surface area contributed by atoms with Gasteiger partial charge in [-0.2, -0.15) is 5.10 Å². The van der Waals surface area contributed by atoms with Crippen LogP contribution in [0.15, 0.2) is 18.5 Å². The maximum Gasteiger partial charge on any atom is 0.244 e. The number of nitrogens with zero attached hydrogens (tertiary/aromatic N) is 5. The van der Waals surface area contributed by atoms with Crippen molar-refractivity contribution in [3.8, 4) is 0 Å². The minimum absolute atomic E-state index is 0.106. The maximum absolute atomic E-state index is 12.4. The summed E-state index contributed by atoms with van der Waals surface area (Å²) in [6.07, 6.45) is 4.58. The molecule has 3 heterocycles. The molecule has 1 atom stereocenters. The summed E-state index contributed by atoms with van der Waals surface area (Å²) >= 11 is 0. The summed E-state index contributed by atoms with van der Waals surface area (Å²) in [5.41, 5.74) is 3.04. The molecule has 2 aromatic rings. The zero-order valence-electron chi connectivity index (χ0n) is 13.3. The molecular weight excluding hydrogens is 278 g/mol. The van der Waals surface area contributed by atoms with Crippen molar-refractivity contribution in [1.29, 1.82) is 0 Å². The minimum Gasteiger partial charge on any atom is -0.340 e. The summed E-state index contributed by atoms with van der Waals surface area (Å²) in [5, 5.41) is 4.17. The van der Waals surface area contributed by atoms with Gasteiger partial charge in [-0.15, -0.1) is 0 Å². The van der Waals surface area contributed by atoms with Crippen LogP contribution in [0.4, 0.5) is 0 Å². The van der Waals surface area contributed by atoms with E-state index in [4.69, 9.17) is 0 Å². The molecule has 0 saturated carbocycles. The van der Waals surface area contributed by atoms with Crippen LogP contribution in [0.5, 0.6) is 0 Å². The Morgan fingerprint density at radius 1 is 1.27 bits per heavy atom. The fourth-order valence-corrected chi connectivity index (χ4v) is 2.93. The zero-order valence-corrected chi connectivity index (χ0v) is 13.3. The molecule has 3 rings (SSSR count). The van der Waals surface area contributed by atoms with Gasteiger partial charge in [0.1, 0.15) is 12.4 Å². The Balaban J connectivity index is 1.65. The summed E-state index contributed by atoms with van der Waals surface area (Å²) < 4.78 is 1.69. The SMILES string of the molecule is Cc1cnn(CC(=O)N2CC[C@H](c3nc(C)cc(C)n3)C2)c1. The van der Waals surface area contributed by atoms with Gasteiger partial charge in [0.25, 0.3) is 0 Å². The number of hydrogen-bond donors (Lipinski definition) is 0. The number of likely N-dealkylation sites (tertiary alicyclic amines) is 1. The van der Waals surface area contributed by atoms with Crippen molar-refractivity contribution in [2.24, 2.45) is 0 Å². The normalized spacial score (nSPS) is 18.0. The Kier molecular flexibility index (Phi) is 3.92. The van der Waals surface area contributed by atoms with E-state index in [9.17, 15) is 4.79 Å². The molecule has 6 heteroatoms. The number of aromatic nitrogens is 4. The van der Waals surface area contributed by atoms with Crippen molar-refractivity contribution in [3.05, 3.63) is 41.2 Å². The lowest BCUT2D eigenvalue weighted by atomic mass is 10.1. The average molecular weight is 299 g/mol. The number of carbonyl (C=O) groups excluding carboxylic acids is 1. The van der Waals surface area contributed by atoms with Gasteiger partial charge >= 0.3 is 0 Å². The maximum atomic E-state index is 12.4. The van der Waals surface area contributed by atoms with E-state index >= 15 is 0 Å². The molecular formula is C16H21N5O. The largest absolute Gasteiger partial charge is 0.340 e. The molecule has 0 aliphatic carbocycles. The van der Waals surface area contributed by atoms with Crippen LogP contribution in [-0.2, 0) is 11.3 Å². The summed E-state index contributed by atoms with van der Waals surface area (Å²) in [6, 6.07) is 1.97. The number of amides is 1. The quantitative estimate of drug-likeness (QED) is 0.864. The lowest BCUT2D eigenvalue weighted by Gasteiger charge is -2.16. The molecule has 0 spiro atoms. The van der Waals surface area contributed by atoms with E-state index in [1.165, 1.54) is 0 Å². The Hall–Kier alpha value is -2.24. The van der Waals surface area contributed by atoms with Gasteiger partial charge in [0.15, 0.2) is 0 Å². The van der Waals surface area contributed by atoms with Crippen LogP contribution in [0.25, 0.3) is 0 Å². The molecule has 0 aromatic carbocycles. The van der Waals surface area contributed by atoms with Crippen LogP contribution in [0.3, 0.4) is 0 Å². The van der Waals surface area contributed by atoms with E-state index in [1.807, 2.05) is 37.9 Å². The van der Waals surface area contributed by atoms with Crippen LogP contribution < -0.4 is 0 Å². The van der Waals surface area contributed by atoms with E-state index in [-0.39, 0.29) is 11.8 Å². The summed E-state index contributed by atoms with van der Waals surface area (Å²) in [5.74, 6) is 1.21. The van der Waals surface area contributed by atoms with Gasteiger partial charge in [0.05, 0.1) is 6.20 Å². The Bertz CT molecular complexity index is 673. The van der Waals surface area contributed by atoms with Crippen molar-refractivity contribution in [2.75, 3.05) is 13.1 Å². The van der Waals surface area contributed by atoms with Gasteiger partial charge in [0, 0.05) is 36.6 Å². The average Bonchev–Trinajstić information content (AvgIpc) is 3.07. The summed E-state index contributed by atoms with van der Waals surface area (Å²) in [6.45, 7) is 7.69. The lowest BCUT2D eigenvalue weighted by molar-refractivity contribution is -0.131. The summed E-state index contributed by atoms with van der Waals surface area (Å²) in [7, 11) is 0. The standard InChI is InChI=1S/C16H21N5O/c1-11-7-17-21(8-11)10-15(22)20-5-4-14(9-20)16-18-12(2)6-13(3)19-16/h6-8,14H,4-5,9-10H2,1-3H3/t14-/m0/s1. The first-order valence-corrected chi connectivity index (χ1v) is 7.60. The molecule has 2 aromatic heterocycles. The van der Waals surface area contributed by atoms with Gasteiger partial charge < -0.3 is 4.90 Å². The molecule has 1 aliphatic heterocycles. The second-order valence-corrected chi connectivity index (χ2v) is 6.05. The third kappa shape index (κ3) is 3.16. The van der Waals surface area contributed by atoms with Gasteiger partial charge in [-0.05, 0) is 38.8 Å².